The highest BCUT2D eigenvalue weighted by atomic mass is 16.1. The Balaban J connectivity index is 2.04. The van der Waals surface area contributed by atoms with Gasteiger partial charge in [-0.25, -0.2) is 0 Å². The van der Waals surface area contributed by atoms with E-state index in [1.807, 2.05) is 0 Å². The maximum absolute atomic E-state index is 11.6. The van der Waals surface area contributed by atoms with Crippen LogP contribution in [0.5, 0.6) is 0 Å². The Bertz CT molecular complexity index is 235. The summed E-state index contributed by atoms with van der Waals surface area (Å²) in [4.78, 5) is 14.1. The molecule has 1 amide bonds. The lowest BCUT2D eigenvalue weighted by Gasteiger charge is -2.31. The van der Waals surface area contributed by atoms with E-state index in [0.29, 0.717) is 18.4 Å². The van der Waals surface area contributed by atoms with Crippen molar-refractivity contribution >= 4 is 5.91 Å². The predicted octanol–water partition coefficient (Wildman–Crippen LogP) is 1.22. The smallest absolute Gasteiger partial charge is 0.221 e. The van der Waals surface area contributed by atoms with Crippen molar-refractivity contribution in [3.05, 3.63) is 0 Å². The van der Waals surface area contributed by atoms with Gasteiger partial charge in [0, 0.05) is 25.6 Å². The average molecular weight is 255 g/mol. The Kier molecular flexibility index (Phi) is 7.28. The molecule has 0 aromatic rings. The number of rotatable bonds is 7. The topological polar surface area (TPSA) is 44.4 Å². The first-order valence-electron chi connectivity index (χ1n) is 7.34. The monoisotopic (exact) mass is 255 g/mol. The largest absolute Gasteiger partial charge is 0.356 e. The zero-order valence-electron chi connectivity index (χ0n) is 12.2. The normalized spacial score (nSPS) is 18.2. The third-order valence-electron chi connectivity index (χ3n) is 3.65. The van der Waals surface area contributed by atoms with Crippen LogP contribution in [0.4, 0.5) is 0 Å². The van der Waals surface area contributed by atoms with Crippen molar-refractivity contribution in [2.45, 2.75) is 46.1 Å². The number of nitrogens with zero attached hydrogens (tertiary/aromatic N) is 1. The van der Waals surface area contributed by atoms with Crippen LogP contribution in [0.3, 0.4) is 0 Å². The molecule has 0 aliphatic carbocycles. The van der Waals surface area contributed by atoms with Crippen LogP contribution in [0.1, 0.15) is 40.0 Å². The molecule has 0 unspecified atom stereocenters. The summed E-state index contributed by atoms with van der Waals surface area (Å²) in [5, 5.41) is 6.32. The Morgan fingerprint density at radius 2 is 2.00 bits per heavy atom. The van der Waals surface area contributed by atoms with Crippen molar-refractivity contribution < 1.29 is 4.79 Å². The molecule has 1 aliphatic rings. The maximum Gasteiger partial charge on any atom is 0.221 e. The maximum atomic E-state index is 11.6. The van der Waals surface area contributed by atoms with E-state index < -0.39 is 0 Å². The minimum atomic E-state index is 0.182. The molecule has 0 aromatic carbocycles. The van der Waals surface area contributed by atoms with Crippen molar-refractivity contribution in [2.75, 3.05) is 32.7 Å². The third-order valence-corrected chi connectivity index (χ3v) is 3.65. The molecule has 0 saturated carbocycles. The molecule has 18 heavy (non-hydrogen) atoms. The Hall–Kier alpha value is -0.610. The van der Waals surface area contributed by atoms with Crippen LogP contribution in [0.2, 0.25) is 0 Å². The number of carbonyl (C=O) groups excluding carboxylic acids is 1. The van der Waals surface area contributed by atoms with Crippen molar-refractivity contribution in [1.29, 1.82) is 0 Å². The first-order chi connectivity index (χ1) is 8.61. The van der Waals surface area contributed by atoms with E-state index in [2.05, 4.69) is 36.3 Å². The molecule has 0 atom stereocenters. The van der Waals surface area contributed by atoms with Crippen LogP contribution in [0, 0.1) is 5.92 Å². The second-order valence-corrected chi connectivity index (χ2v) is 5.54. The number of hydrogen-bond donors (Lipinski definition) is 2. The summed E-state index contributed by atoms with van der Waals surface area (Å²) in [6.07, 6.45) is 3.03. The van der Waals surface area contributed by atoms with Gasteiger partial charge >= 0.3 is 0 Å². The molecule has 4 heteroatoms. The summed E-state index contributed by atoms with van der Waals surface area (Å²) in [5.41, 5.74) is 0. The van der Waals surface area contributed by atoms with E-state index in [1.165, 1.54) is 25.9 Å². The summed E-state index contributed by atoms with van der Waals surface area (Å²) < 4.78 is 0. The lowest BCUT2D eigenvalue weighted by Crippen LogP contribution is -2.39. The van der Waals surface area contributed by atoms with Gasteiger partial charge in [-0.15, -0.1) is 0 Å². The molecule has 0 radical (unpaired) electrons. The fourth-order valence-corrected chi connectivity index (χ4v) is 2.33. The molecule has 0 spiro atoms. The molecule has 1 saturated heterocycles. The highest BCUT2D eigenvalue weighted by Crippen LogP contribution is 2.15. The van der Waals surface area contributed by atoms with E-state index in [4.69, 9.17) is 0 Å². The number of carbonyl (C=O) groups is 1. The molecule has 1 aliphatic heterocycles. The van der Waals surface area contributed by atoms with Crippen LogP contribution in [0.15, 0.2) is 0 Å². The van der Waals surface area contributed by atoms with Gasteiger partial charge in [0.15, 0.2) is 0 Å². The van der Waals surface area contributed by atoms with Gasteiger partial charge in [0.05, 0.1) is 0 Å². The summed E-state index contributed by atoms with van der Waals surface area (Å²) in [7, 11) is 0. The van der Waals surface area contributed by atoms with Gasteiger partial charge < -0.3 is 15.5 Å². The van der Waals surface area contributed by atoms with Crippen molar-refractivity contribution in [1.82, 2.24) is 15.5 Å². The molecule has 2 N–H and O–H groups in total. The van der Waals surface area contributed by atoms with E-state index in [-0.39, 0.29) is 5.91 Å². The van der Waals surface area contributed by atoms with Gasteiger partial charge in [-0.2, -0.15) is 0 Å². The summed E-state index contributed by atoms with van der Waals surface area (Å²) in [6.45, 7) is 11.6. The highest BCUT2D eigenvalue weighted by Gasteiger charge is 2.18. The first kappa shape index (κ1) is 15.4. The second kappa shape index (κ2) is 8.48. The summed E-state index contributed by atoms with van der Waals surface area (Å²) in [6, 6.07) is 0.455. The molecule has 0 aromatic heterocycles. The van der Waals surface area contributed by atoms with E-state index >= 15 is 0 Å². The number of hydrogen-bond acceptors (Lipinski definition) is 3. The Morgan fingerprint density at radius 3 is 2.56 bits per heavy atom. The van der Waals surface area contributed by atoms with Crippen molar-refractivity contribution in [3.8, 4) is 0 Å². The van der Waals surface area contributed by atoms with Gasteiger partial charge in [0.25, 0.3) is 0 Å². The molecule has 4 nitrogen and oxygen atoms in total. The summed E-state index contributed by atoms with van der Waals surface area (Å²) in [5.74, 6) is 0.857. The molecule has 106 valence electrons. The van der Waals surface area contributed by atoms with E-state index in [1.54, 1.807) is 0 Å². The number of piperidine rings is 1. The van der Waals surface area contributed by atoms with Crippen molar-refractivity contribution in [2.24, 2.45) is 5.92 Å². The van der Waals surface area contributed by atoms with Crippen LogP contribution < -0.4 is 10.6 Å². The lowest BCUT2D eigenvalue weighted by molar-refractivity contribution is -0.121. The van der Waals surface area contributed by atoms with Gasteiger partial charge in [-0.05, 0) is 38.4 Å². The summed E-state index contributed by atoms with van der Waals surface area (Å²) >= 11 is 0. The van der Waals surface area contributed by atoms with Crippen LogP contribution in [0.25, 0.3) is 0 Å². The minimum absolute atomic E-state index is 0.182. The lowest BCUT2D eigenvalue weighted by atomic mass is 9.97. The number of likely N-dealkylation sites (tertiary alicyclic amines) is 1. The number of amides is 1. The first-order valence-corrected chi connectivity index (χ1v) is 7.34. The van der Waals surface area contributed by atoms with E-state index in [0.717, 1.165) is 19.6 Å². The third kappa shape index (κ3) is 6.36. The molecule has 1 fully saturated rings. The quantitative estimate of drug-likeness (QED) is 0.719. The SMILES string of the molecule is CCN1CCC(CNC(=O)CCNC(C)C)CC1. The average Bonchev–Trinajstić information content (AvgIpc) is 2.36. The Labute approximate surface area is 111 Å². The van der Waals surface area contributed by atoms with Crippen LogP contribution in [-0.4, -0.2) is 49.6 Å². The zero-order chi connectivity index (χ0) is 13.4. The molecule has 0 bridgehead atoms. The minimum Gasteiger partial charge on any atom is -0.356 e. The number of nitrogens with one attached hydrogen (secondary N) is 2. The van der Waals surface area contributed by atoms with Gasteiger partial charge in [0.2, 0.25) is 5.91 Å². The highest BCUT2D eigenvalue weighted by molar-refractivity contribution is 5.76. The van der Waals surface area contributed by atoms with Crippen LogP contribution >= 0.6 is 0 Å². The predicted molar refractivity (Wildman–Crippen MR) is 75.6 cm³/mol. The van der Waals surface area contributed by atoms with Crippen molar-refractivity contribution in [3.63, 3.8) is 0 Å². The molecule has 1 heterocycles. The second-order valence-electron chi connectivity index (χ2n) is 5.54. The van der Waals surface area contributed by atoms with E-state index in [9.17, 15) is 4.79 Å². The van der Waals surface area contributed by atoms with Gasteiger partial charge in [0.1, 0.15) is 0 Å². The molecular formula is C14H29N3O. The zero-order valence-corrected chi connectivity index (χ0v) is 12.2. The van der Waals surface area contributed by atoms with Gasteiger partial charge in [-0.3, -0.25) is 4.79 Å². The Morgan fingerprint density at radius 1 is 1.33 bits per heavy atom. The standard InChI is InChI=1S/C14H29N3O/c1-4-17-9-6-13(7-10-17)11-16-14(18)5-8-15-12(2)3/h12-13,15H,4-11H2,1-3H3,(H,16,18). The fourth-order valence-electron chi connectivity index (χ4n) is 2.33. The molecular weight excluding hydrogens is 226 g/mol. The van der Waals surface area contributed by atoms with Gasteiger partial charge in [-0.1, -0.05) is 20.8 Å². The molecule has 1 rings (SSSR count). The van der Waals surface area contributed by atoms with Crippen LogP contribution in [-0.2, 0) is 4.79 Å². The fraction of sp³-hybridized carbons (Fsp3) is 0.929.